The van der Waals surface area contributed by atoms with Gasteiger partial charge in [-0.05, 0) is 0 Å². The monoisotopic (exact) mass is 324 g/mol. The third-order valence-electron chi connectivity index (χ3n) is 3.32. The average Bonchev–Trinajstić information content (AvgIpc) is 3.20. The fourth-order valence-corrected chi connectivity index (χ4v) is 3.48. The third kappa shape index (κ3) is 3.46. The predicted octanol–water partition coefficient (Wildman–Crippen LogP) is 1.64. The van der Waals surface area contributed by atoms with Crippen LogP contribution >= 0.6 is 22.7 Å². The van der Waals surface area contributed by atoms with Crippen molar-refractivity contribution < 1.29 is 9.53 Å². The Bertz CT molecular complexity index is 573. The van der Waals surface area contributed by atoms with E-state index in [0.717, 1.165) is 16.7 Å². The summed E-state index contributed by atoms with van der Waals surface area (Å²) in [6, 6.07) is 0. The Morgan fingerprint density at radius 1 is 1.43 bits per heavy atom. The molecular weight excluding hydrogens is 308 g/mol. The van der Waals surface area contributed by atoms with Crippen LogP contribution in [0.1, 0.15) is 11.1 Å². The van der Waals surface area contributed by atoms with Crippen LogP contribution in [0.5, 0.6) is 0 Å². The first-order valence-electron chi connectivity index (χ1n) is 6.63. The van der Waals surface area contributed by atoms with E-state index in [2.05, 4.69) is 14.9 Å². The van der Waals surface area contributed by atoms with Gasteiger partial charge in [0.05, 0.1) is 13.2 Å². The van der Waals surface area contributed by atoms with Crippen molar-refractivity contribution >= 4 is 33.7 Å². The minimum absolute atomic E-state index is 0.0308. The molecule has 0 aliphatic carbocycles. The van der Waals surface area contributed by atoms with Crippen molar-refractivity contribution in [3.05, 3.63) is 28.2 Å². The Kier molecular flexibility index (Phi) is 4.59. The number of aromatic nitrogens is 2. The van der Waals surface area contributed by atoms with Crippen molar-refractivity contribution in [2.24, 2.45) is 0 Å². The average molecular weight is 324 g/mol. The second-order valence-electron chi connectivity index (χ2n) is 4.73. The van der Waals surface area contributed by atoms with E-state index in [9.17, 15) is 4.79 Å². The fourth-order valence-electron chi connectivity index (χ4n) is 2.17. The zero-order valence-electron chi connectivity index (χ0n) is 11.6. The maximum Gasteiger partial charge on any atom is 0.242 e. The Hall–Kier alpha value is -1.35. The summed E-state index contributed by atoms with van der Waals surface area (Å²) < 4.78 is 5.74. The number of hydrogen-bond acceptors (Lipinski definition) is 7. The molecule has 8 heteroatoms. The van der Waals surface area contributed by atoms with Gasteiger partial charge in [-0.25, -0.2) is 9.97 Å². The Morgan fingerprint density at radius 3 is 2.95 bits per heavy atom. The van der Waals surface area contributed by atoms with Gasteiger partial charge in [-0.15, -0.1) is 22.7 Å². The van der Waals surface area contributed by atoms with Gasteiger partial charge in [0.2, 0.25) is 5.91 Å². The van der Waals surface area contributed by atoms with Gasteiger partial charge in [0.15, 0.2) is 5.13 Å². The molecule has 0 saturated carbocycles. The summed E-state index contributed by atoms with van der Waals surface area (Å²) in [5, 5.41) is 5.51. The van der Waals surface area contributed by atoms with Gasteiger partial charge in [0.1, 0.15) is 11.1 Å². The van der Waals surface area contributed by atoms with E-state index >= 15 is 0 Å². The summed E-state index contributed by atoms with van der Waals surface area (Å²) in [7, 11) is 1.76. The fraction of sp³-hybridized carbons (Fsp3) is 0.462. The Morgan fingerprint density at radius 2 is 2.24 bits per heavy atom. The van der Waals surface area contributed by atoms with E-state index in [4.69, 9.17) is 4.74 Å². The van der Waals surface area contributed by atoms with Crippen LogP contribution in [0.2, 0.25) is 0 Å². The molecule has 0 spiro atoms. The van der Waals surface area contributed by atoms with Crippen molar-refractivity contribution in [2.45, 2.75) is 6.10 Å². The number of carbonyl (C=O) groups is 1. The van der Waals surface area contributed by atoms with E-state index in [-0.39, 0.29) is 12.0 Å². The standard InChI is InChI=1S/C13H16N4O2S2/c1-16(13-15-3-7-21-13)11(18)9-17-4-5-19-10(8-17)12-14-2-6-20-12/h2-3,6-7,10H,4-5,8-9H2,1H3. The second kappa shape index (κ2) is 6.61. The molecule has 0 radical (unpaired) electrons. The van der Waals surface area contributed by atoms with Gasteiger partial charge in [-0.3, -0.25) is 14.6 Å². The number of ether oxygens (including phenoxy) is 1. The molecule has 3 rings (SSSR count). The first kappa shape index (κ1) is 14.6. The SMILES string of the molecule is CN(C(=O)CN1CCOC(c2nccs2)C1)c1nccs1. The van der Waals surface area contributed by atoms with Crippen LogP contribution in [-0.4, -0.2) is 54.1 Å². The summed E-state index contributed by atoms with van der Waals surface area (Å²) in [5.41, 5.74) is 0. The van der Waals surface area contributed by atoms with Gasteiger partial charge in [0.25, 0.3) is 0 Å². The lowest BCUT2D eigenvalue weighted by atomic mass is 10.2. The molecule has 21 heavy (non-hydrogen) atoms. The van der Waals surface area contributed by atoms with E-state index in [1.54, 1.807) is 35.7 Å². The summed E-state index contributed by atoms with van der Waals surface area (Å²) in [6.07, 6.45) is 3.46. The number of hydrogen-bond donors (Lipinski definition) is 0. The molecule has 1 unspecified atom stereocenters. The topological polar surface area (TPSA) is 58.6 Å². The third-order valence-corrected chi connectivity index (χ3v) is 5.03. The van der Waals surface area contributed by atoms with Gasteiger partial charge in [-0.2, -0.15) is 0 Å². The van der Waals surface area contributed by atoms with Crippen LogP contribution in [0.25, 0.3) is 0 Å². The second-order valence-corrected chi connectivity index (χ2v) is 6.53. The van der Waals surface area contributed by atoms with Crippen LogP contribution in [0.4, 0.5) is 5.13 Å². The molecule has 0 bridgehead atoms. The lowest BCUT2D eigenvalue weighted by Crippen LogP contribution is -2.44. The largest absolute Gasteiger partial charge is 0.368 e. The van der Waals surface area contributed by atoms with E-state index in [0.29, 0.717) is 19.7 Å². The molecule has 1 saturated heterocycles. The highest BCUT2D eigenvalue weighted by atomic mass is 32.1. The number of morpholine rings is 1. The molecule has 1 atom stereocenters. The number of likely N-dealkylation sites (N-methyl/N-ethyl adjacent to an activating group) is 1. The van der Waals surface area contributed by atoms with Gasteiger partial charge in [0, 0.05) is 43.3 Å². The number of carbonyl (C=O) groups excluding carboxylic acids is 1. The van der Waals surface area contributed by atoms with Crippen molar-refractivity contribution in [3.8, 4) is 0 Å². The lowest BCUT2D eigenvalue weighted by Gasteiger charge is -2.32. The summed E-state index contributed by atoms with van der Waals surface area (Å²) in [4.78, 5) is 24.5. The van der Waals surface area contributed by atoms with Crippen LogP contribution in [-0.2, 0) is 9.53 Å². The van der Waals surface area contributed by atoms with E-state index in [1.165, 1.54) is 11.3 Å². The number of rotatable bonds is 4. The van der Waals surface area contributed by atoms with Crippen LogP contribution in [0, 0.1) is 0 Å². The van der Waals surface area contributed by atoms with Crippen LogP contribution < -0.4 is 4.90 Å². The molecule has 1 amide bonds. The zero-order chi connectivity index (χ0) is 14.7. The molecule has 6 nitrogen and oxygen atoms in total. The smallest absolute Gasteiger partial charge is 0.242 e. The molecule has 0 aromatic carbocycles. The quantitative estimate of drug-likeness (QED) is 0.856. The normalized spacial score (nSPS) is 19.6. The lowest BCUT2D eigenvalue weighted by molar-refractivity contribution is -0.121. The van der Waals surface area contributed by atoms with Crippen molar-refractivity contribution in [2.75, 3.05) is 38.2 Å². The first-order valence-corrected chi connectivity index (χ1v) is 8.39. The predicted molar refractivity (Wildman–Crippen MR) is 82.8 cm³/mol. The molecule has 1 aliphatic rings. The molecule has 1 fully saturated rings. The minimum Gasteiger partial charge on any atom is -0.368 e. The molecule has 2 aromatic heterocycles. The van der Waals surface area contributed by atoms with Gasteiger partial charge < -0.3 is 4.74 Å². The highest BCUT2D eigenvalue weighted by molar-refractivity contribution is 7.13. The maximum atomic E-state index is 12.3. The van der Waals surface area contributed by atoms with Crippen molar-refractivity contribution in [1.82, 2.24) is 14.9 Å². The first-order chi connectivity index (χ1) is 10.2. The molecular formula is C13H16N4O2S2. The van der Waals surface area contributed by atoms with E-state index < -0.39 is 0 Å². The number of nitrogens with zero attached hydrogens (tertiary/aromatic N) is 4. The number of thiazole rings is 2. The highest BCUT2D eigenvalue weighted by Crippen LogP contribution is 2.24. The summed E-state index contributed by atoms with van der Waals surface area (Å²) >= 11 is 3.05. The molecule has 112 valence electrons. The molecule has 0 N–H and O–H groups in total. The Balaban J connectivity index is 1.58. The van der Waals surface area contributed by atoms with Crippen molar-refractivity contribution in [3.63, 3.8) is 0 Å². The Labute approximate surface area is 131 Å². The molecule has 3 heterocycles. The maximum absolute atomic E-state index is 12.3. The number of amides is 1. The number of anilines is 1. The zero-order valence-corrected chi connectivity index (χ0v) is 13.3. The van der Waals surface area contributed by atoms with Crippen LogP contribution in [0.15, 0.2) is 23.2 Å². The minimum atomic E-state index is -0.0308. The van der Waals surface area contributed by atoms with Crippen LogP contribution in [0.3, 0.4) is 0 Å². The van der Waals surface area contributed by atoms with Gasteiger partial charge in [-0.1, -0.05) is 0 Å². The van der Waals surface area contributed by atoms with E-state index in [1.807, 2.05) is 10.8 Å². The van der Waals surface area contributed by atoms with Gasteiger partial charge >= 0.3 is 0 Å². The molecule has 1 aliphatic heterocycles. The summed E-state index contributed by atoms with van der Waals surface area (Å²) in [5.74, 6) is 0.0461. The molecule has 2 aromatic rings. The highest BCUT2D eigenvalue weighted by Gasteiger charge is 2.26. The summed E-state index contributed by atoms with van der Waals surface area (Å²) in [6.45, 7) is 2.46. The van der Waals surface area contributed by atoms with Crippen molar-refractivity contribution in [1.29, 1.82) is 0 Å².